The summed E-state index contributed by atoms with van der Waals surface area (Å²) in [6.07, 6.45) is 5.29. The Labute approximate surface area is 88.2 Å². The molecule has 1 fully saturated rings. The van der Waals surface area contributed by atoms with Gasteiger partial charge in [-0.3, -0.25) is 4.79 Å². The Balaban J connectivity index is 2.43. The van der Waals surface area contributed by atoms with Crippen molar-refractivity contribution in [3.05, 3.63) is 0 Å². The molecule has 0 spiro atoms. The number of ether oxygens (including phenoxy) is 1. The fourth-order valence-electron chi connectivity index (χ4n) is 1.85. The molecule has 1 aliphatic carbocycles. The van der Waals surface area contributed by atoms with Gasteiger partial charge < -0.3 is 4.74 Å². The van der Waals surface area contributed by atoms with Crippen LogP contribution in [0.1, 0.15) is 39.0 Å². The van der Waals surface area contributed by atoms with Crippen molar-refractivity contribution in [3.63, 3.8) is 0 Å². The van der Waals surface area contributed by atoms with Gasteiger partial charge in [-0.05, 0) is 32.6 Å². The van der Waals surface area contributed by atoms with Crippen molar-refractivity contribution in [1.29, 1.82) is 0 Å². The number of halogens is 1. The Morgan fingerprint density at radius 2 is 2.23 bits per heavy atom. The molecule has 76 valence electrons. The van der Waals surface area contributed by atoms with Crippen molar-refractivity contribution in [2.45, 2.75) is 39.0 Å². The van der Waals surface area contributed by atoms with Crippen LogP contribution in [0.15, 0.2) is 0 Å². The lowest BCUT2D eigenvalue weighted by atomic mass is 9.66. The highest BCUT2D eigenvalue weighted by atomic mass is 79.9. The normalized spacial score (nSPS) is 19.2. The van der Waals surface area contributed by atoms with Crippen LogP contribution in [0.4, 0.5) is 0 Å². The Hall–Kier alpha value is -0.0500. The maximum atomic E-state index is 11.6. The molecule has 0 aromatic heterocycles. The van der Waals surface area contributed by atoms with Gasteiger partial charge in [-0.2, -0.15) is 0 Å². The van der Waals surface area contributed by atoms with E-state index in [9.17, 15) is 4.79 Å². The van der Waals surface area contributed by atoms with Crippen molar-refractivity contribution in [2.75, 3.05) is 11.9 Å². The molecular weight excluding hydrogens is 232 g/mol. The molecule has 1 aliphatic rings. The van der Waals surface area contributed by atoms with E-state index < -0.39 is 0 Å². The molecule has 0 saturated heterocycles. The Bertz CT molecular complexity index is 176. The second kappa shape index (κ2) is 4.99. The van der Waals surface area contributed by atoms with Crippen LogP contribution >= 0.6 is 15.9 Å². The van der Waals surface area contributed by atoms with E-state index in [1.807, 2.05) is 6.92 Å². The third-order valence-corrected chi connectivity index (χ3v) is 3.37. The standard InChI is InChI=1S/C10H17BrO2/c1-2-13-9(12)10(5-3-6-10)7-4-8-11/h2-8H2,1H3. The minimum absolute atomic E-state index is 0.0298. The first-order chi connectivity index (χ1) is 6.25. The van der Waals surface area contributed by atoms with Gasteiger partial charge in [-0.15, -0.1) is 0 Å². The summed E-state index contributed by atoms with van der Waals surface area (Å²) in [5.74, 6) is 0.0298. The van der Waals surface area contributed by atoms with Gasteiger partial charge in [0.05, 0.1) is 12.0 Å². The molecule has 0 amide bonds. The van der Waals surface area contributed by atoms with Gasteiger partial charge in [0.25, 0.3) is 0 Å². The van der Waals surface area contributed by atoms with Gasteiger partial charge >= 0.3 is 5.97 Å². The first kappa shape index (κ1) is 11.0. The first-order valence-corrected chi connectivity index (χ1v) is 6.10. The largest absolute Gasteiger partial charge is 0.466 e. The molecule has 1 rings (SSSR count). The highest BCUT2D eigenvalue weighted by Gasteiger charge is 2.44. The van der Waals surface area contributed by atoms with E-state index in [2.05, 4.69) is 15.9 Å². The van der Waals surface area contributed by atoms with Gasteiger partial charge in [0.15, 0.2) is 0 Å². The lowest BCUT2D eigenvalue weighted by Gasteiger charge is -2.39. The predicted molar refractivity (Wildman–Crippen MR) is 55.9 cm³/mol. The molecule has 2 nitrogen and oxygen atoms in total. The Morgan fingerprint density at radius 3 is 2.62 bits per heavy atom. The molecule has 0 bridgehead atoms. The second-order valence-electron chi connectivity index (χ2n) is 3.65. The first-order valence-electron chi connectivity index (χ1n) is 4.98. The molecule has 1 saturated carbocycles. The van der Waals surface area contributed by atoms with E-state index in [0.717, 1.165) is 31.0 Å². The lowest BCUT2D eigenvalue weighted by Crippen LogP contribution is -2.39. The number of esters is 1. The minimum Gasteiger partial charge on any atom is -0.466 e. The predicted octanol–water partition coefficient (Wildman–Crippen LogP) is 2.89. The molecule has 0 heterocycles. The van der Waals surface area contributed by atoms with Crippen LogP contribution in [-0.4, -0.2) is 17.9 Å². The van der Waals surface area contributed by atoms with E-state index in [0.29, 0.717) is 6.61 Å². The van der Waals surface area contributed by atoms with Crippen LogP contribution in [-0.2, 0) is 9.53 Å². The van der Waals surface area contributed by atoms with E-state index >= 15 is 0 Å². The molecule has 0 radical (unpaired) electrons. The molecule has 0 unspecified atom stereocenters. The van der Waals surface area contributed by atoms with Crippen LogP contribution in [0.5, 0.6) is 0 Å². The van der Waals surface area contributed by atoms with Crippen LogP contribution in [0, 0.1) is 5.41 Å². The van der Waals surface area contributed by atoms with Gasteiger partial charge in [-0.1, -0.05) is 22.4 Å². The van der Waals surface area contributed by atoms with Gasteiger partial charge in [0, 0.05) is 5.33 Å². The maximum Gasteiger partial charge on any atom is 0.312 e. The minimum atomic E-state index is -0.107. The van der Waals surface area contributed by atoms with E-state index in [1.165, 1.54) is 6.42 Å². The van der Waals surface area contributed by atoms with Crippen LogP contribution in [0.25, 0.3) is 0 Å². The summed E-state index contributed by atoms with van der Waals surface area (Å²) in [7, 11) is 0. The van der Waals surface area contributed by atoms with Crippen LogP contribution in [0.2, 0.25) is 0 Å². The monoisotopic (exact) mass is 248 g/mol. The molecule has 0 aliphatic heterocycles. The zero-order chi connectivity index (χ0) is 9.73. The lowest BCUT2D eigenvalue weighted by molar-refractivity contribution is -0.161. The number of alkyl halides is 1. The van der Waals surface area contributed by atoms with Gasteiger partial charge in [0.2, 0.25) is 0 Å². The van der Waals surface area contributed by atoms with Crippen molar-refractivity contribution in [1.82, 2.24) is 0 Å². The van der Waals surface area contributed by atoms with E-state index in [-0.39, 0.29) is 11.4 Å². The average molecular weight is 249 g/mol. The SMILES string of the molecule is CCOC(=O)C1(CCCBr)CCC1. The molecule has 3 heteroatoms. The zero-order valence-corrected chi connectivity index (χ0v) is 9.73. The van der Waals surface area contributed by atoms with E-state index in [1.54, 1.807) is 0 Å². The summed E-state index contributed by atoms with van der Waals surface area (Å²) >= 11 is 3.39. The maximum absolute atomic E-state index is 11.6. The molecule has 0 aromatic carbocycles. The van der Waals surface area contributed by atoms with Gasteiger partial charge in [-0.25, -0.2) is 0 Å². The summed E-state index contributed by atoms with van der Waals surface area (Å²) in [6, 6.07) is 0. The fraction of sp³-hybridized carbons (Fsp3) is 0.900. The molecule has 13 heavy (non-hydrogen) atoms. The van der Waals surface area contributed by atoms with Crippen molar-refractivity contribution in [3.8, 4) is 0 Å². The average Bonchev–Trinajstić information content (AvgIpc) is 2.03. The van der Waals surface area contributed by atoms with E-state index in [4.69, 9.17) is 4.74 Å². The number of carbonyl (C=O) groups excluding carboxylic acids is 1. The van der Waals surface area contributed by atoms with Crippen LogP contribution in [0.3, 0.4) is 0 Å². The highest BCUT2D eigenvalue weighted by molar-refractivity contribution is 9.09. The third-order valence-electron chi connectivity index (χ3n) is 2.81. The summed E-state index contributed by atoms with van der Waals surface area (Å²) in [4.78, 5) is 11.6. The van der Waals surface area contributed by atoms with Gasteiger partial charge in [0.1, 0.15) is 0 Å². The summed E-state index contributed by atoms with van der Waals surface area (Å²) in [6.45, 7) is 2.38. The van der Waals surface area contributed by atoms with Crippen molar-refractivity contribution in [2.24, 2.45) is 5.41 Å². The number of rotatable bonds is 5. The fourth-order valence-corrected chi connectivity index (χ4v) is 2.13. The van der Waals surface area contributed by atoms with Crippen molar-refractivity contribution < 1.29 is 9.53 Å². The summed E-state index contributed by atoms with van der Waals surface area (Å²) in [5.41, 5.74) is -0.107. The summed E-state index contributed by atoms with van der Waals surface area (Å²) < 4.78 is 5.09. The number of hydrogen-bond donors (Lipinski definition) is 0. The zero-order valence-electron chi connectivity index (χ0n) is 8.14. The highest BCUT2D eigenvalue weighted by Crippen LogP contribution is 2.45. The molecule has 0 aromatic rings. The smallest absolute Gasteiger partial charge is 0.312 e. The number of carbonyl (C=O) groups is 1. The Morgan fingerprint density at radius 1 is 1.54 bits per heavy atom. The van der Waals surface area contributed by atoms with Crippen LogP contribution < -0.4 is 0 Å². The molecular formula is C10H17BrO2. The van der Waals surface area contributed by atoms with Crippen molar-refractivity contribution >= 4 is 21.9 Å². The topological polar surface area (TPSA) is 26.3 Å². The second-order valence-corrected chi connectivity index (χ2v) is 4.44. The quantitative estimate of drug-likeness (QED) is 0.553. The molecule has 0 atom stereocenters. The third kappa shape index (κ3) is 2.46. The number of hydrogen-bond acceptors (Lipinski definition) is 2. The summed E-state index contributed by atoms with van der Waals surface area (Å²) in [5, 5.41) is 0.980. The molecule has 0 N–H and O–H groups in total. The Kier molecular flexibility index (Phi) is 4.23.